The van der Waals surface area contributed by atoms with Crippen LogP contribution >= 0.6 is 11.3 Å². The van der Waals surface area contributed by atoms with Crippen LogP contribution in [0.4, 0.5) is 4.39 Å². The molecule has 1 aliphatic rings. The van der Waals surface area contributed by atoms with Crippen molar-refractivity contribution < 1.29 is 9.18 Å². The lowest BCUT2D eigenvalue weighted by molar-refractivity contribution is 0.0953. The molecule has 3 nitrogen and oxygen atoms in total. The summed E-state index contributed by atoms with van der Waals surface area (Å²) >= 11 is 1.44. The summed E-state index contributed by atoms with van der Waals surface area (Å²) in [6.45, 7) is 2.62. The lowest BCUT2D eigenvalue weighted by Gasteiger charge is -2.16. The number of hydrogen-bond donors (Lipinski definition) is 1. The topological polar surface area (TPSA) is 42.0 Å². The molecule has 0 spiro atoms. The number of rotatable bonds is 5. The van der Waals surface area contributed by atoms with Gasteiger partial charge in [-0.15, -0.1) is 11.3 Å². The first-order valence-corrected chi connectivity index (χ1v) is 7.93. The van der Waals surface area contributed by atoms with Crippen molar-refractivity contribution in [3.63, 3.8) is 0 Å². The zero-order chi connectivity index (χ0) is 14.9. The van der Waals surface area contributed by atoms with Gasteiger partial charge in [-0.3, -0.25) is 4.79 Å². The van der Waals surface area contributed by atoms with Gasteiger partial charge >= 0.3 is 0 Å². The van der Waals surface area contributed by atoms with Gasteiger partial charge in [0.2, 0.25) is 0 Å². The number of carbonyl (C=O) groups excluding carboxylic acids is 1. The first kappa shape index (κ1) is 14.2. The van der Waals surface area contributed by atoms with Crippen molar-refractivity contribution in [1.82, 2.24) is 10.3 Å². The van der Waals surface area contributed by atoms with E-state index in [1.54, 1.807) is 6.20 Å². The van der Waals surface area contributed by atoms with Gasteiger partial charge in [0.25, 0.3) is 5.91 Å². The van der Waals surface area contributed by atoms with Gasteiger partial charge in [0.05, 0.1) is 11.2 Å². The molecule has 2 aromatic rings. The van der Waals surface area contributed by atoms with Crippen LogP contribution in [0.5, 0.6) is 0 Å². The van der Waals surface area contributed by atoms with Crippen molar-refractivity contribution in [3.8, 4) is 0 Å². The quantitative estimate of drug-likeness (QED) is 0.921. The summed E-state index contributed by atoms with van der Waals surface area (Å²) in [6.07, 6.45) is 4.54. The molecule has 1 saturated carbocycles. The van der Waals surface area contributed by atoms with Crippen molar-refractivity contribution in [2.24, 2.45) is 0 Å². The molecule has 0 aliphatic heterocycles. The Kier molecular flexibility index (Phi) is 3.76. The second kappa shape index (κ2) is 5.56. The average Bonchev–Trinajstić information content (AvgIpc) is 3.13. The Bertz CT molecular complexity index is 647. The molecule has 1 aromatic carbocycles. The molecule has 0 saturated heterocycles. The van der Waals surface area contributed by atoms with Crippen molar-refractivity contribution in [1.29, 1.82) is 0 Å². The third-order valence-electron chi connectivity index (χ3n) is 3.98. The fourth-order valence-electron chi connectivity index (χ4n) is 2.44. The van der Waals surface area contributed by atoms with Crippen LogP contribution in [0.15, 0.2) is 30.5 Å². The maximum atomic E-state index is 13.0. The maximum Gasteiger partial charge on any atom is 0.263 e. The highest BCUT2D eigenvalue weighted by molar-refractivity contribution is 7.13. The van der Waals surface area contributed by atoms with Gasteiger partial charge in [-0.1, -0.05) is 19.1 Å². The van der Waals surface area contributed by atoms with Gasteiger partial charge < -0.3 is 5.32 Å². The predicted molar refractivity (Wildman–Crippen MR) is 81.1 cm³/mol. The van der Waals surface area contributed by atoms with Crippen LogP contribution in [0.3, 0.4) is 0 Å². The summed E-state index contributed by atoms with van der Waals surface area (Å²) < 4.78 is 13.0. The number of benzene rings is 1. The molecule has 0 unspecified atom stereocenters. The summed E-state index contributed by atoms with van der Waals surface area (Å²) in [5.41, 5.74) is 1.09. The lowest BCUT2D eigenvalue weighted by atomic mass is 9.96. The molecule has 5 heteroatoms. The van der Waals surface area contributed by atoms with Gasteiger partial charge in [-0.05, 0) is 37.0 Å². The number of nitrogens with zero attached hydrogens (tertiary/aromatic N) is 1. The third-order valence-corrected chi connectivity index (χ3v) is 5.12. The van der Waals surface area contributed by atoms with Crippen LogP contribution in [0, 0.1) is 5.82 Å². The highest BCUT2D eigenvalue weighted by atomic mass is 32.1. The number of thiazole rings is 1. The van der Waals surface area contributed by atoms with Gasteiger partial charge in [-0.25, -0.2) is 9.37 Å². The number of nitrogens with one attached hydrogen (secondary N) is 1. The molecule has 110 valence electrons. The molecule has 0 radical (unpaired) electrons. The van der Waals surface area contributed by atoms with Gasteiger partial charge in [-0.2, -0.15) is 0 Å². The Labute approximate surface area is 127 Å². The second-order valence-corrected chi connectivity index (χ2v) is 6.56. The van der Waals surface area contributed by atoms with E-state index in [1.165, 1.54) is 23.5 Å². The van der Waals surface area contributed by atoms with Crippen LogP contribution < -0.4 is 5.32 Å². The second-order valence-electron chi connectivity index (χ2n) is 5.44. The number of aromatic nitrogens is 1. The molecule has 0 atom stereocenters. The van der Waals surface area contributed by atoms with E-state index in [0.29, 0.717) is 11.4 Å². The van der Waals surface area contributed by atoms with Crippen LogP contribution in [0.2, 0.25) is 0 Å². The highest BCUT2D eigenvalue weighted by Crippen LogP contribution is 2.47. The Morgan fingerprint density at radius 3 is 2.67 bits per heavy atom. The van der Waals surface area contributed by atoms with Gasteiger partial charge in [0.15, 0.2) is 0 Å². The van der Waals surface area contributed by atoms with Crippen molar-refractivity contribution in [3.05, 3.63) is 51.7 Å². The molecular formula is C16H17FN2OS. The molecule has 21 heavy (non-hydrogen) atoms. The lowest BCUT2D eigenvalue weighted by Crippen LogP contribution is -2.31. The van der Waals surface area contributed by atoms with E-state index in [1.807, 2.05) is 19.1 Å². The Hall–Kier alpha value is -1.75. The van der Waals surface area contributed by atoms with Crippen molar-refractivity contribution >= 4 is 17.2 Å². The van der Waals surface area contributed by atoms with Gasteiger partial charge in [0, 0.05) is 12.0 Å². The molecule has 1 heterocycles. The maximum absolute atomic E-state index is 13.0. The highest BCUT2D eigenvalue weighted by Gasteiger charge is 2.44. The summed E-state index contributed by atoms with van der Waals surface area (Å²) in [6, 6.07) is 6.59. The predicted octanol–water partition coefficient (Wildman–Crippen LogP) is 3.31. The smallest absolute Gasteiger partial charge is 0.263 e. The number of aryl methyl sites for hydroxylation is 1. The average molecular weight is 304 g/mol. The summed E-state index contributed by atoms with van der Waals surface area (Å²) in [5.74, 6) is -0.295. The SMILES string of the molecule is CCc1ncc(C(=O)NCC2(c3ccc(F)cc3)CC2)s1. The Balaban J connectivity index is 1.64. The van der Waals surface area contributed by atoms with E-state index in [2.05, 4.69) is 10.3 Å². The minimum atomic E-state index is -0.227. The molecular weight excluding hydrogens is 287 g/mol. The zero-order valence-corrected chi connectivity index (χ0v) is 12.7. The molecule has 1 amide bonds. The largest absolute Gasteiger partial charge is 0.350 e. The first-order valence-electron chi connectivity index (χ1n) is 7.12. The minimum absolute atomic E-state index is 0.0123. The molecule has 1 N–H and O–H groups in total. The van der Waals surface area contributed by atoms with Crippen LogP contribution in [0.1, 0.15) is 40.0 Å². The fourth-order valence-corrected chi connectivity index (χ4v) is 3.21. The Morgan fingerprint density at radius 1 is 1.38 bits per heavy atom. The fraction of sp³-hybridized carbons (Fsp3) is 0.375. The Morgan fingerprint density at radius 2 is 2.10 bits per heavy atom. The van der Waals surface area contributed by atoms with E-state index >= 15 is 0 Å². The summed E-state index contributed by atoms with van der Waals surface area (Å²) in [5, 5.41) is 3.96. The summed E-state index contributed by atoms with van der Waals surface area (Å²) in [4.78, 5) is 17.0. The first-order chi connectivity index (χ1) is 10.1. The van der Waals surface area contributed by atoms with Crippen LogP contribution in [0.25, 0.3) is 0 Å². The number of hydrogen-bond acceptors (Lipinski definition) is 3. The van der Waals surface area contributed by atoms with Crippen LogP contribution in [-0.4, -0.2) is 17.4 Å². The number of amides is 1. The molecule has 1 fully saturated rings. The van der Waals surface area contributed by atoms with Crippen molar-refractivity contribution in [2.75, 3.05) is 6.54 Å². The molecule has 3 rings (SSSR count). The minimum Gasteiger partial charge on any atom is -0.350 e. The van der Waals surface area contributed by atoms with Gasteiger partial charge in [0.1, 0.15) is 10.7 Å². The van der Waals surface area contributed by atoms with Crippen molar-refractivity contribution in [2.45, 2.75) is 31.6 Å². The van der Waals surface area contributed by atoms with E-state index in [4.69, 9.17) is 0 Å². The van der Waals surface area contributed by atoms with Crippen LogP contribution in [-0.2, 0) is 11.8 Å². The standard InChI is InChI=1S/C16H17FN2OS/c1-2-14-18-9-13(21-14)15(20)19-10-16(7-8-16)11-3-5-12(17)6-4-11/h3-6,9H,2,7-8,10H2,1H3,(H,19,20). The number of carbonyl (C=O) groups is 1. The van der Waals surface area contributed by atoms with E-state index in [0.717, 1.165) is 29.8 Å². The number of halogens is 1. The molecule has 1 aliphatic carbocycles. The summed E-state index contributed by atoms with van der Waals surface area (Å²) in [7, 11) is 0. The molecule has 1 aromatic heterocycles. The van der Waals surface area contributed by atoms with E-state index < -0.39 is 0 Å². The normalized spacial score (nSPS) is 15.7. The van der Waals surface area contributed by atoms with E-state index in [9.17, 15) is 9.18 Å². The third kappa shape index (κ3) is 2.97. The van der Waals surface area contributed by atoms with E-state index in [-0.39, 0.29) is 17.1 Å². The monoisotopic (exact) mass is 304 g/mol. The zero-order valence-electron chi connectivity index (χ0n) is 11.9. The molecule has 0 bridgehead atoms.